The lowest BCUT2D eigenvalue weighted by Crippen LogP contribution is -2.18. The van der Waals surface area contributed by atoms with Crippen molar-refractivity contribution in [1.82, 2.24) is 4.57 Å². The molecule has 0 atom stereocenters. The second-order valence-electron chi connectivity index (χ2n) is 3.73. The lowest BCUT2D eigenvalue weighted by molar-refractivity contribution is 0.731. The van der Waals surface area contributed by atoms with Crippen LogP contribution in [0.2, 0.25) is 0 Å². The first kappa shape index (κ1) is 11.0. The molecule has 0 unspecified atom stereocenters. The van der Waals surface area contributed by atoms with E-state index in [9.17, 15) is 0 Å². The zero-order valence-corrected chi connectivity index (χ0v) is 10.3. The molecule has 0 fully saturated rings. The quantitative estimate of drug-likeness (QED) is 0.625. The lowest BCUT2D eigenvalue weighted by atomic mass is 10.2. The van der Waals surface area contributed by atoms with Gasteiger partial charge in [-0.05, 0) is 19.4 Å². The van der Waals surface area contributed by atoms with Gasteiger partial charge in [-0.2, -0.15) is 5.10 Å². The van der Waals surface area contributed by atoms with Crippen molar-refractivity contribution in [2.45, 2.75) is 20.4 Å². The molecule has 84 valence electrons. The van der Waals surface area contributed by atoms with Crippen LogP contribution in [0.15, 0.2) is 35.4 Å². The fourth-order valence-corrected chi connectivity index (χ4v) is 2.54. The molecule has 2 rings (SSSR count). The molecule has 1 aromatic carbocycles. The van der Waals surface area contributed by atoms with Gasteiger partial charge in [-0.3, -0.25) is 0 Å². The molecule has 0 aliphatic carbocycles. The van der Waals surface area contributed by atoms with Crippen LogP contribution < -0.4 is 10.6 Å². The minimum atomic E-state index is 0.826. The maximum Gasteiger partial charge on any atom is 0.208 e. The summed E-state index contributed by atoms with van der Waals surface area (Å²) in [5.41, 5.74) is 2.50. The van der Waals surface area contributed by atoms with Crippen molar-refractivity contribution in [2.75, 3.05) is 0 Å². The molecule has 0 spiro atoms. The van der Waals surface area contributed by atoms with Crippen LogP contribution in [0.4, 0.5) is 0 Å². The minimum Gasteiger partial charge on any atom is -0.320 e. The molecule has 2 N–H and O–H groups in total. The molecule has 1 heterocycles. The second kappa shape index (κ2) is 4.53. The Bertz CT molecular complexity index is 537. The molecule has 2 aromatic rings. The van der Waals surface area contributed by atoms with Crippen molar-refractivity contribution in [3.05, 3.63) is 51.3 Å². The van der Waals surface area contributed by atoms with Crippen LogP contribution in [0.5, 0.6) is 0 Å². The van der Waals surface area contributed by atoms with Crippen LogP contribution in [-0.2, 0) is 6.54 Å². The van der Waals surface area contributed by atoms with Crippen molar-refractivity contribution in [3.8, 4) is 0 Å². The van der Waals surface area contributed by atoms with E-state index in [0.717, 1.165) is 11.3 Å². The number of thiazole rings is 1. The zero-order valence-electron chi connectivity index (χ0n) is 9.47. The number of nitrogens with two attached hydrogens (primary N) is 1. The number of aryl methyl sites for hydroxylation is 1. The van der Waals surface area contributed by atoms with Crippen molar-refractivity contribution in [2.24, 2.45) is 10.9 Å². The monoisotopic (exact) mass is 233 g/mol. The maximum atomic E-state index is 5.40. The highest BCUT2D eigenvalue weighted by Gasteiger charge is 2.06. The summed E-state index contributed by atoms with van der Waals surface area (Å²) < 4.78 is 2.15. The van der Waals surface area contributed by atoms with Crippen molar-refractivity contribution >= 4 is 11.3 Å². The summed E-state index contributed by atoms with van der Waals surface area (Å²) in [6, 6.07) is 10.3. The number of hydrogen-bond acceptors (Lipinski definition) is 3. The molecule has 16 heavy (non-hydrogen) atoms. The molecule has 1 aromatic heterocycles. The van der Waals surface area contributed by atoms with Crippen LogP contribution in [0.3, 0.4) is 0 Å². The smallest absolute Gasteiger partial charge is 0.208 e. The Hall–Kier alpha value is -1.55. The molecular formula is C12H15N3S. The van der Waals surface area contributed by atoms with E-state index >= 15 is 0 Å². The van der Waals surface area contributed by atoms with Crippen LogP contribution in [-0.4, -0.2) is 4.57 Å². The predicted molar refractivity (Wildman–Crippen MR) is 67.1 cm³/mol. The van der Waals surface area contributed by atoms with Gasteiger partial charge in [-0.1, -0.05) is 30.3 Å². The van der Waals surface area contributed by atoms with Crippen molar-refractivity contribution < 1.29 is 0 Å². The van der Waals surface area contributed by atoms with Crippen molar-refractivity contribution in [1.29, 1.82) is 0 Å². The molecule has 0 radical (unpaired) electrons. The molecule has 4 heteroatoms. The summed E-state index contributed by atoms with van der Waals surface area (Å²) >= 11 is 1.63. The summed E-state index contributed by atoms with van der Waals surface area (Å²) in [5.74, 6) is 5.40. The highest BCUT2D eigenvalue weighted by Crippen LogP contribution is 2.11. The van der Waals surface area contributed by atoms with E-state index in [4.69, 9.17) is 5.84 Å². The topological polar surface area (TPSA) is 43.3 Å². The Labute approximate surface area is 98.9 Å². The van der Waals surface area contributed by atoms with Gasteiger partial charge in [-0.25, -0.2) is 0 Å². The van der Waals surface area contributed by atoms with Gasteiger partial charge in [0.15, 0.2) is 0 Å². The van der Waals surface area contributed by atoms with Crippen LogP contribution >= 0.6 is 11.3 Å². The van der Waals surface area contributed by atoms with E-state index in [2.05, 4.69) is 35.6 Å². The lowest BCUT2D eigenvalue weighted by Gasteiger charge is -2.05. The molecule has 0 aliphatic rings. The van der Waals surface area contributed by atoms with Gasteiger partial charge in [-0.15, -0.1) is 11.3 Å². The Morgan fingerprint density at radius 1 is 1.25 bits per heavy atom. The Morgan fingerprint density at radius 2 is 1.94 bits per heavy atom. The van der Waals surface area contributed by atoms with Crippen LogP contribution in [0, 0.1) is 13.8 Å². The number of benzene rings is 1. The SMILES string of the molecule is Cc1s/c(=N\N)n(Cc2ccccc2)c1C. The van der Waals surface area contributed by atoms with Gasteiger partial charge in [0.25, 0.3) is 0 Å². The highest BCUT2D eigenvalue weighted by molar-refractivity contribution is 7.09. The Balaban J connectivity index is 2.42. The van der Waals surface area contributed by atoms with Gasteiger partial charge in [0.05, 0.1) is 6.54 Å². The summed E-state index contributed by atoms with van der Waals surface area (Å²) in [6.45, 7) is 5.02. The standard InChI is InChI=1S/C12H15N3S/c1-9-10(2)16-12(14-13)15(9)8-11-6-4-3-5-7-11/h3-7H,8,13H2,1-2H3/b14-12-. The molecule has 0 amide bonds. The van der Waals surface area contributed by atoms with Crippen molar-refractivity contribution in [3.63, 3.8) is 0 Å². The summed E-state index contributed by atoms with van der Waals surface area (Å²) in [4.78, 5) is 2.14. The fraction of sp³-hybridized carbons (Fsp3) is 0.250. The second-order valence-corrected chi connectivity index (χ2v) is 4.91. The average molecular weight is 233 g/mol. The third-order valence-corrected chi connectivity index (χ3v) is 3.79. The first-order valence-corrected chi connectivity index (χ1v) is 5.98. The molecular weight excluding hydrogens is 218 g/mol. The van der Waals surface area contributed by atoms with E-state index in [1.807, 2.05) is 18.2 Å². The van der Waals surface area contributed by atoms with Gasteiger partial charge in [0.1, 0.15) is 0 Å². The summed E-state index contributed by atoms with van der Waals surface area (Å²) in [7, 11) is 0. The molecule has 0 saturated carbocycles. The minimum absolute atomic E-state index is 0.826. The van der Waals surface area contributed by atoms with Gasteiger partial charge >= 0.3 is 0 Å². The molecule has 0 saturated heterocycles. The third-order valence-electron chi connectivity index (χ3n) is 2.68. The number of nitrogens with zero attached hydrogens (tertiary/aromatic N) is 2. The van der Waals surface area contributed by atoms with E-state index in [0.29, 0.717) is 0 Å². The molecule has 0 bridgehead atoms. The number of rotatable bonds is 2. The van der Waals surface area contributed by atoms with Crippen LogP contribution in [0.25, 0.3) is 0 Å². The largest absolute Gasteiger partial charge is 0.320 e. The zero-order chi connectivity index (χ0) is 11.5. The first-order chi connectivity index (χ1) is 7.72. The third kappa shape index (κ3) is 2.02. The summed E-state index contributed by atoms with van der Waals surface area (Å²) in [5, 5.41) is 3.83. The van der Waals surface area contributed by atoms with Gasteiger partial charge in [0.2, 0.25) is 4.80 Å². The first-order valence-electron chi connectivity index (χ1n) is 5.17. The van der Waals surface area contributed by atoms with E-state index in [1.54, 1.807) is 11.3 Å². The van der Waals surface area contributed by atoms with E-state index in [-0.39, 0.29) is 0 Å². The summed E-state index contributed by atoms with van der Waals surface area (Å²) in [6.07, 6.45) is 0. The fourth-order valence-electron chi connectivity index (χ4n) is 1.65. The Morgan fingerprint density at radius 3 is 2.56 bits per heavy atom. The van der Waals surface area contributed by atoms with Gasteiger partial charge < -0.3 is 10.4 Å². The van der Waals surface area contributed by atoms with Gasteiger partial charge in [0, 0.05) is 10.6 Å². The van der Waals surface area contributed by atoms with E-state index < -0.39 is 0 Å². The number of aromatic nitrogens is 1. The van der Waals surface area contributed by atoms with E-state index in [1.165, 1.54) is 16.1 Å². The normalized spacial score (nSPS) is 12.0. The predicted octanol–water partition coefficient (Wildman–Crippen LogP) is 1.99. The average Bonchev–Trinajstić information content (AvgIpc) is 2.58. The number of hydrogen-bond donors (Lipinski definition) is 1. The molecule has 3 nitrogen and oxygen atoms in total. The van der Waals surface area contributed by atoms with Crippen LogP contribution in [0.1, 0.15) is 16.1 Å². The Kier molecular flexibility index (Phi) is 3.10. The maximum absolute atomic E-state index is 5.40. The highest BCUT2D eigenvalue weighted by atomic mass is 32.1. The molecule has 0 aliphatic heterocycles.